The molecule has 0 radical (unpaired) electrons. The van der Waals surface area contributed by atoms with Crippen LogP contribution in [0, 0.1) is 0 Å². The van der Waals surface area contributed by atoms with E-state index in [4.69, 9.17) is 0 Å². The number of rotatable bonds is 13. The minimum absolute atomic E-state index is 0. The van der Waals surface area contributed by atoms with Crippen molar-refractivity contribution in [3.63, 3.8) is 0 Å². The topological polar surface area (TPSA) is 86.3 Å². The van der Waals surface area contributed by atoms with Gasteiger partial charge in [0, 0.05) is 24.3 Å². The number of sulfonamides is 1. The van der Waals surface area contributed by atoms with Crippen LogP contribution in [0.4, 0.5) is 0 Å². The summed E-state index contributed by atoms with van der Waals surface area (Å²) in [6, 6.07) is 0. The summed E-state index contributed by atoms with van der Waals surface area (Å²) < 4.78 is 25.0. The fraction of sp³-hybridized carbons (Fsp3) is 0.786. The first-order valence-corrected chi connectivity index (χ1v) is 8.88. The maximum absolute atomic E-state index is 11.4. The van der Waals surface area contributed by atoms with Gasteiger partial charge in [0.1, 0.15) is 0 Å². The summed E-state index contributed by atoms with van der Waals surface area (Å²) in [5.41, 5.74) is 0. The van der Waals surface area contributed by atoms with Crippen LogP contribution < -0.4 is 61.2 Å². The van der Waals surface area contributed by atoms with Crippen molar-refractivity contribution in [3.8, 4) is 0 Å². The van der Waals surface area contributed by atoms with Crippen molar-refractivity contribution >= 4 is 16.0 Å². The molecule has 1 N–H and O–H groups in total. The van der Waals surface area contributed by atoms with E-state index in [1.807, 2.05) is 0 Å². The zero-order valence-corrected chi connectivity index (χ0v) is 17.2. The largest absolute Gasteiger partial charge is 1.00 e. The van der Waals surface area contributed by atoms with Crippen molar-refractivity contribution < 1.29 is 69.7 Å². The van der Waals surface area contributed by atoms with Gasteiger partial charge in [-0.15, -0.1) is 0 Å². The molecule has 0 aliphatic heterocycles. The molecular formula is C14H26KNO4S. The second-order valence-electron chi connectivity index (χ2n) is 4.84. The molecule has 0 aromatic heterocycles. The Hall–Kier alpha value is 0.756. The van der Waals surface area contributed by atoms with Crippen molar-refractivity contribution in [2.75, 3.05) is 6.54 Å². The van der Waals surface area contributed by atoms with Gasteiger partial charge in [0.15, 0.2) is 0 Å². The SMILES string of the molecule is CCCCCCCCC/C=C/S(=O)(=O)NCCC(=O)[O-].[K+]. The number of allylic oxidation sites excluding steroid dienone is 1. The summed E-state index contributed by atoms with van der Waals surface area (Å²) in [5, 5.41) is 11.3. The fourth-order valence-electron chi connectivity index (χ4n) is 1.76. The van der Waals surface area contributed by atoms with Crippen molar-refractivity contribution in [1.82, 2.24) is 4.72 Å². The average Bonchev–Trinajstić information content (AvgIpc) is 2.36. The number of carbonyl (C=O) groups is 1. The van der Waals surface area contributed by atoms with E-state index in [1.165, 1.54) is 32.1 Å². The molecule has 0 aromatic rings. The summed E-state index contributed by atoms with van der Waals surface area (Å²) in [4.78, 5) is 10.1. The number of carbonyl (C=O) groups excluding carboxylic acids is 1. The molecule has 0 heterocycles. The Bertz CT molecular complexity index is 382. The number of carboxylic acid groups (broad SMARTS) is 1. The third-order valence-electron chi connectivity index (χ3n) is 2.88. The van der Waals surface area contributed by atoms with E-state index >= 15 is 0 Å². The summed E-state index contributed by atoms with van der Waals surface area (Å²) in [6.45, 7) is 2.05. The van der Waals surface area contributed by atoms with Gasteiger partial charge < -0.3 is 9.90 Å². The van der Waals surface area contributed by atoms with Gasteiger partial charge in [0.05, 0.1) is 0 Å². The number of nitrogens with one attached hydrogen (secondary N) is 1. The Morgan fingerprint density at radius 1 is 1.10 bits per heavy atom. The molecule has 0 fully saturated rings. The first-order chi connectivity index (χ1) is 9.48. The molecule has 0 aliphatic carbocycles. The third-order valence-corrected chi connectivity index (χ3v) is 4.04. The van der Waals surface area contributed by atoms with Crippen LogP contribution in [-0.2, 0) is 14.8 Å². The Labute approximate surface area is 171 Å². The van der Waals surface area contributed by atoms with Gasteiger partial charge >= 0.3 is 51.4 Å². The van der Waals surface area contributed by atoms with Crippen LogP contribution in [0.2, 0.25) is 0 Å². The fourth-order valence-corrected chi connectivity index (χ4v) is 2.63. The van der Waals surface area contributed by atoms with Gasteiger partial charge in [-0.2, -0.15) is 0 Å². The Kier molecular flexibility index (Phi) is 17.9. The van der Waals surface area contributed by atoms with Gasteiger partial charge in [0.25, 0.3) is 0 Å². The van der Waals surface area contributed by atoms with Gasteiger partial charge in [-0.1, -0.05) is 51.5 Å². The minimum atomic E-state index is -3.50. The molecule has 5 nitrogen and oxygen atoms in total. The van der Waals surface area contributed by atoms with Crippen molar-refractivity contribution in [1.29, 1.82) is 0 Å². The number of carboxylic acids is 1. The van der Waals surface area contributed by atoms with Gasteiger partial charge in [0.2, 0.25) is 10.0 Å². The number of aliphatic carboxylic acids is 1. The second kappa shape index (κ2) is 15.6. The van der Waals surface area contributed by atoms with E-state index in [-0.39, 0.29) is 64.4 Å². The normalized spacial score (nSPS) is 11.5. The smallest absolute Gasteiger partial charge is 0.550 e. The van der Waals surface area contributed by atoms with Crippen molar-refractivity contribution in [2.24, 2.45) is 0 Å². The molecule has 0 saturated carbocycles. The molecule has 0 aromatic carbocycles. The van der Waals surface area contributed by atoms with E-state index in [1.54, 1.807) is 6.08 Å². The summed E-state index contributed by atoms with van der Waals surface area (Å²) in [6.07, 6.45) is 10.4. The maximum Gasteiger partial charge on any atom is 1.00 e. The molecule has 21 heavy (non-hydrogen) atoms. The van der Waals surface area contributed by atoms with Gasteiger partial charge in [-0.25, -0.2) is 13.1 Å². The van der Waals surface area contributed by atoms with Crippen LogP contribution in [-0.4, -0.2) is 20.9 Å². The Morgan fingerprint density at radius 3 is 2.24 bits per heavy atom. The number of unbranched alkanes of at least 4 members (excludes halogenated alkanes) is 7. The quantitative estimate of drug-likeness (QED) is 0.333. The molecule has 0 rings (SSSR count). The van der Waals surface area contributed by atoms with Crippen LogP contribution in [0.15, 0.2) is 11.5 Å². The molecule has 0 bridgehead atoms. The molecule has 7 heteroatoms. The molecule has 0 unspecified atom stereocenters. The predicted molar refractivity (Wildman–Crippen MR) is 78.3 cm³/mol. The molecular weight excluding hydrogens is 317 g/mol. The summed E-state index contributed by atoms with van der Waals surface area (Å²) in [5.74, 6) is -1.26. The monoisotopic (exact) mass is 343 g/mol. The molecule has 0 atom stereocenters. The number of hydrogen-bond donors (Lipinski definition) is 1. The van der Waals surface area contributed by atoms with E-state index in [9.17, 15) is 18.3 Å². The summed E-state index contributed by atoms with van der Waals surface area (Å²) in [7, 11) is -3.50. The summed E-state index contributed by atoms with van der Waals surface area (Å²) >= 11 is 0. The van der Waals surface area contributed by atoms with E-state index in [0.29, 0.717) is 0 Å². The van der Waals surface area contributed by atoms with Crippen molar-refractivity contribution in [2.45, 2.75) is 64.7 Å². The zero-order chi connectivity index (χ0) is 15.3. The maximum atomic E-state index is 11.4. The van der Waals surface area contributed by atoms with E-state index < -0.39 is 16.0 Å². The zero-order valence-electron chi connectivity index (χ0n) is 13.3. The first-order valence-electron chi connectivity index (χ1n) is 7.34. The molecule has 0 spiro atoms. The molecule has 0 amide bonds. The third kappa shape index (κ3) is 18.7. The van der Waals surface area contributed by atoms with Crippen LogP contribution in [0.25, 0.3) is 0 Å². The Balaban J connectivity index is 0. The van der Waals surface area contributed by atoms with Gasteiger partial charge in [-0.05, 0) is 12.8 Å². The van der Waals surface area contributed by atoms with E-state index in [2.05, 4.69) is 11.6 Å². The van der Waals surface area contributed by atoms with Crippen LogP contribution in [0.1, 0.15) is 64.7 Å². The van der Waals surface area contributed by atoms with Crippen LogP contribution in [0.5, 0.6) is 0 Å². The molecule has 0 aliphatic rings. The standard InChI is InChI=1S/C14H27NO4S.K/c1-2-3-4-5-6-7-8-9-10-13-20(18,19)15-12-11-14(16)17;/h10,13,15H,2-9,11-12H2,1H3,(H,16,17);/q;+1/p-1/b13-10+;. The first kappa shape index (κ1) is 24.0. The van der Waals surface area contributed by atoms with Gasteiger partial charge in [-0.3, -0.25) is 0 Å². The molecule has 118 valence electrons. The second-order valence-corrected chi connectivity index (χ2v) is 6.49. The van der Waals surface area contributed by atoms with Crippen LogP contribution in [0.3, 0.4) is 0 Å². The Morgan fingerprint density at radius 2 is 1.67 bits per heavy atom. The van der Waals surface area contributed by atoms with E-state index in [0.717, 1.165) is 24.7 Å². The predicted octanol–water partition coefficient (Wildman–Crippen LogP) is -1.30. The van der Waals surface area contributed by atoms with Crippen molar-refractivity contribution in [3.05, 3.63) is 11.5 Å². The minimum Gasteiger partial charge on any atom is -0.550 e. The van der Waals surface area contributed by atoms with Crippen LogP contribution >= 0.6 is 0 Å². The average molecular weight is 344 g/mol. The molecule has 0 saturated heterocycles. The number of hydrogen-bond acceptors (Lipinski definition) is 4.